The van der Waals surface area contributed by atoms with E-state index in [0.717, 1.165) is 38.5 Å². The van der Waals surface area contributed by atoms with E-state index in [1.54, 1.807) is 12.1 Å². The molecule has 2 amide bonds. The van der Waals surface area contributed by atoms with Crippen LogP contribution >= 0.6 is 0 Å². The van der Waals surface area contributed by atoms with Crippen LogP contribution in [0, 0.1) is 10.1 Å². The Hall–Kier alpha value is -2.74. The standard InChI is InChI=1S/C21H25N3O5/c25-20-18(15-7-9-17(10-8-15)24(27)28)19(22-11-13-29-14-12-22)21(26)23(20)16-5-3-1-2-4-6-16/h7-10,16H,1-6,11-14H2. The number of carbonyl (C=O) groups excluding carboxylic acids is 2. The zero-order chi connectivity index (χ0) is 20.4. The van der Waals surface area contributed by atoms with Gasteiger partial charge in [-0.15, -0.1) is 0 Å². The molecular weight excluding hydrogens is 374 g/mol. The topological polar surface area (TPSA) is 93.0 Å². The van der Waals surface area contributed by atoms with E-state index in [0.29, 0.717) is 43.1 Å². The van der Waals surface area contributed by atoms with Crippen molar-refractivity contribution < 1.29 is 19.2 Å². The summed E-state index contributed by atoms with van der Waals surface area (Å²) in [5, 5.41) is 11.0. The highest BCUT2D eigenvalue weighted by molar-refractivity contribution is 6.35. The number of non-ortho nitro benzene ring substituents is 1. The van der Waals surface area contributed by atoms with Gasteiger partial charge in [0.2, 0.25) is 0 Å². The number of nitro benzene ring substituents is 1. The molecule has 2 aliphatic heterocycles. The number of benzene rings is 1. The fraction of sp³-hybridized carbons (Fsp3) is 0.524. The number of hydrogen-bond donors (Lipinski definition) is 0. The molecule has 1 aliphatic carbocycles. The quantitative estimate of drug-likeness (QED) is 0.335. The smallest absolute Gasteiger partial charge is 0.278 e. The van der Waals surface area contributed by atoms with Gasteiger partial charge in [-0.2, -0.15) is 0 Å². The lowest BCUT2D eigenvalue weighted by Gasteiger charge is -2.31. The molecule has 1 aromatic carbocycles. The first-order valence-electron chi connectivity index (χ1n) is 10.3. The molecule has 0 aromatic heterocycles. The summed E-state index contributed by atoms with van der Waals surface area (Å²) < 4.78 is 5.42. The van der Waals surface area contributed by atoms with Gasteiger partial charge in [0.1, 0.15) is 5.70 Å². The molecule has 0 spiro atoms. The number of amides is 2. The summed E-state index contributed by atoms with van der Waals surface area (Å²) in [6.07, 6.45) is 5.96. The first kappa shape index (κ1) is 19.6. The van der Waals surface area contributed by atoms with Crippen LogP contribution in [0.15, 0.2) is 30.0 Å². The maximum Gasteiger partial charge on any atom is 0.278 e. The Morgan fingerprint density at radius 2 is 1.55 bits per heavy atom. The average molecular weight is 399 g/mol. The van der Waals surface area contributed by atoms with E-state index in [9.17, 15) is 19.7 Å². The Morgan fingerprint density at radius 3 is 2.14 bits per heavy atom. The summed E-state index contributed by atoms with van der Waals surface area (Å²) in [5.41, 5.74) is 1.28. The van der Waals surface area contributed by atoms with Gasteiger partial charge < -0.3 is 9.64 Å². The first-order valence-corrected chi connectivity index (χ1v) is 10.3. The van der Waals surface area contributed by atoms with Crippen molar-refractivity contribution in [1.29, 1.82) is 0 Å². The van der Waals surface area contributed by atoms with E-state index in [2.05, 4.69) is 0 Å². The largest absolute Gasteiger partial charge is 0.378 e. The van der Waals surface area contributed by atoms with Crippen LogP contribution in [-0.2, 0) is 14.3 Å². The van der Waals surface area contributed by atoms with Crippen molar-refractivity contribution in [3.63, 3.8) is 0 Å². The third-order valence-electron chi connectivity index (χ3n) is 5.97. The second kappa shape index (κ2) is 8.32. The van der Waals surface area contributed by atoms with Crippen molar-refractivity contribution in [2.75, 3.05) is 26.3 Å². The molecule has 4 rings (SSSR count). The zero-order valence-electron chi connectivity index (χ0n) is 16.3. The van der Waals surface area contributed by atoms with Crippen LogP contribution in [-0.4, -0.2) is 58.9 Å². The Morgan fingerprint density at radius 1 is 0.931 bits per heavy atom. The van der Waals surface area contributed by atoms with E-state index < -0.39 is 4.92 Å². The lowest BCUT2D eigenvalue weighted by atomic mass is 10.0. The highest BCUT2D eigenvalue weighted by atomic mass is 16.6. The van der Waals surface area contributed by atoms with Crippen LogP contribution in [0.2, 0.25) is 0 Å². The van der Waals surface area contributed by atoms with Crippen LogP contribution in [0.1, 0.15) is 44.1 Å². The number of ether oxygens (including phenoxy) is 1. The van der Waals surface area contributed by atoms with E-state index >= 15 is 0 Å². The van der Waals surface area contributed by atoms with E-state index in [-0.39, 0.29) is 23.5 Å². The Bertz CT molecular complexity index is 834. The molecule has 8 heteroatoms. The van der Waals surface area contributed by atoms with E-state index in [1.165, 1.54) is 17.0 Å². The van der Waals surface area contributed by atoms with Crippen molar-refractivity contribution in [1.82, 2.24) is 9.80 Å². The Kier molecular flexibility index (Phi) is 5.62. The predicted molar refractivity (Wildman–Crippen MR) is 106 cm³/mol. The van der Waals surface area contributed by atoms with Crippen LogP contribution in [0.25, 0.3) is 5.57 Å². The summed E-state index contributed by atoms with van der Waals surface area (Å²) in [7, 11) is 0. The second-order valence-electron chi connectivity index (χ2n) is 7.75. The molecular formula is C21H25N3O5. The average Bonchev–Trinajstić information content (AvgIpc) is 2.90. The summed E-state index contributed by atoms with van der Waals surface area (Å²) >= 11 is 0. The third kappa shape index (κ3) is 3.76. The number of imide groups is 1. The van der Waals surface area contributed by atoms with Crippen LogP contribution in [0.4, 0.5) is 5.69 Å². The molecule has 1 saturated carbocycles. The molecule has 29 heavy (non-hydrogen) atoms. The molecule has 0 radical (unpaired) electrons. The van der Waals surface area contributed by atoms with Crippen LogP contribution in [0.5, 0.6) is 0 Å². The van der Waals surface area contributed by atoms with Gasteiger partial charge in [-0.1, -0.05) is 25.7 Å². The summed E-state index contributed by atoms with van der Waals surface area (Å²) in [5.74, 6) is -0.519. The molecule has 0 unspecified atom stereocenters. The Labute approximate surface area is 169 Å². The van der Waals surface area contributed by atoms with Gasteiger partial charge in [-0.05, 0) is 30.5 Å². The van der Waals surface area contributed by atoms with Crippen molar-refractivity contribution in [2.24, 2.45) is 0 Å². The fourth-order valence-corrected chi connectivity index (χ4v) is 4.47. The number of nitrogens with zero attached hydrogens (tertiary/aromatic N) is 3. The van der Waals surface area contributed by atoms with Crippen molar-refractivity contribution in [3.05, 3.63) is 45.6 Å². The van der Waals surface area contributed by atoms with E-state index in [4.69, 9.17) is 4.74 Å². The van der Waals surface area contributed by atoms with Gasteiger partial charge in [-0.3, -0.25) is 24.6 Å². The predicted octanol–water partition coefficient (Wildman–Crippen LogP) is 2.73. The number of rotatable bonds is 4. The van der Waals surface area contributed by atoms with Crippen LogP contribution in [0.3, 0.4) is 0 Å². The zero-order valence-corrected chi connectivity index (χ0v) is 16.3. The fourth-order valence-electron chi connectivity index (χ4n) is 4.47. The molecule has 8 nitrogen and oxygen atoms in total. The van der Waals surface area contributed by atoms with Gasteiger partial charge >= 0.3 is 0 Å². The molecule has 1 saturated heterocycles. The minimum Gasteiger partial charge on any atom is -0.378 e. The lowest BCUT2D eigenvalue weighted by Crippen LogP contribution is -2.44. The third-order valence-corrected chi connectivity index (χ3v) is 5.97. The lowest BCUT2D eigenvalue weighted by molar-refractivity contribution is -0.384. The minimum absolute atomic E-state index is 0.0420. The van der Waals surface area contributed by atoms with Crippen molar-refractivity contribution in [2.45, 2.75) is 44.6 Å². The van der Waals surface area contributed by atoms with Gasteiger partial charge in [0.15, 0.2) is 0 Å². The summed E-state index contributed by atoms with van der Waals surface area (Å²) in [6, 6.07) is 5.81. The normalized spacial score (nSPS) is 21.7. The van der Waals surface area contributed by atoms with Gasteiger partial charge in [0.25, 0.3) is 17.5 Å². The maximum absolute atomic E-state index is 13.5. The highest BCUT2D eigenvalue weighted by Gasteiger charge is 2.44. The van der Waals surface area contributed by atoms with Gasteiger partial charge in [-0.25, -0.2) is 0 Å². The van der Waals surface area contributed by atoms with Gasteiger partial charge in [0, 0.05) is 31.3 Å². The molecule has 2 heterocycles. The number of hydrogen-bond acceptors (Lipinski definition) is 6. The summed E-state index contributed by atoms with van der Waals surface area (Å²) in [6.45, 7) is 2.09. The minimum atomic E-state index is -0.472. The molecule has 154 valence electrons. The molecule has 1 aromatic rings. The molecule has 3 aliphatic rings. The second-order valence-corrected chi connectivity index (χ2v) is 7.75. The molecule has 2 fully saturated rings. The number of carbonyl (C=O) groups is 2. The number of nitro groups is 1. The molecule has 0 bridgehead atoms. The molecule has 0 N–H and O–H groups in total. The highest BCUT2D eigenvalue weighted by Crippen LogP contribution is 2.36. The van der Waals surface area contributed by atoms with Crippen molar-refractivity contribution in [3.8, 4) is 0 Å². The van der Waals surface area contributed by atoms with Crippen LogP contribution < -0.4 is 0 Å². The SMILES string of the molecule is O=C1C(c2ccc([N+](=O)[O-])cc2)=C(N2CCOCC2)C(=O)N1C1CCCCCC1. The van der Waals surface area contributed by atoms with Gasteiger partial charge in [0.05, 0.1) is 23.7 Å². The van der Waals surface area contributed by atoms with E-state index in [1.807, 2.05) is 4.90 Å². The monoisotopic (exact) mass is 399 g/mol. The number of morpholine rings is 1. The molecule has 0 atom stereocenters. The first-order chi connectivity index (χ1) is 14.1. The van der Waals surface area contributed by atoms with Crippen molar-refractivity contribution >= 4 is 23.1 Å². The maximum atomic E-state index is 13.5. The Balaban J connectivity index is 1.73. The summed E-state index contributed by atoms with van der Waals surface area (Å²) in [4.78, 5) is 40.8.